The molecule has 0 radical (unpaired) electrons. The molecule has 0 spiro atoms. The number of hydrogen-bond acceptors (Lipinski definition) is 3. The quantitative estimate of drug-likeness (QED) is 0.788. The molecular formula is C16H18N2O2. The lowest BCUT2D eigenvalue weighted by Crippen LogP contribution is -2.42. The lowest BCUT2D eigenvalue weighted by molar-refractivity contribution is -0.131. The number of nitriles is 1. The number of fused-ring (bicyclic) bond motifs is 1. The molecule has 2 aliphatic heterocycles. The van der Waals surface area contributed by atoms with Gasteiger partial charge in [-0.25, -0.2) is 0 Å². The van der Waals surface area contributed by atoms with Gasteiger partial charge in [0, 0.05) is 24.9 Å². The van der Waals surface area contributed by atoms with Gasteiger partial charge < -0.3 is 9.64 Å². The minimum atomic E-state index is -0.297. The number of carbonyl (C=O) groups is 1. The molecule has 1 fully saturated rings. The fourth-order valence-corrected chi connectivity index (χ4v) is 3.16. The summed E-state index contributed by atoms with van der Waals surface area (Å²) in [6.07, 6.45) is 2.32. The molecular weight excluding hydrogens is 252 g/mol. The Bertz CT molecular complexity index is 601. The molecule has 3 rings (SSSR count). The summed E-state index contributed by atoms with van der Waals surface area (Å²) in [5.74, 6) is 1.01. The van der Waals surface area contributed by atoms with Gasteiger partial charge in [0.05, 0.1) is 17.7 Å². The fraction of sp³-hybridized carbons (Fsp3) is 0.500. The van der Waals surface area contributed by atoms with E-state index in [1.54, 1.807) is 6.07 Å². The summed E-state index contributed by atoms with van der Waals surface area (Å²) >= 11 is 0. The highest BCUT2D eigenvalue weighted by Crippen LogP contribution is 2.44. The average molecular weight is 270 g/mol. The molecule has 1 aromatic carbocycles. The van der Waals surface area contributed by atoms with E-state index >= 15 is 0 Å². The molecule has 0 aromatic heterocycles. The van der Waals surface area contributed by atoms with Crippen molar-refractivity contribution in [1.29, 1.82) is 5.26 Å². The zero-order chi connectivity index (χ0) is 14.3. The second kappa shape index (κ2) is 4.52. The normalized spacial score (nSPS) is 23.9. The minimum Gasteiger partial charge on any atom is -0.487 e. The van der Waals surface area contributed by atoms with Crippen molar-refractivity contribution in [1.82, 2.24) is 4.90 Å². The lowest BCUT2D eigenvalue weighted by Gasteiger charge is -2.41. The van der Waals surface area contributed by atoms with E-state index in [2.05, 4.69) is 6.07 Å². The smallest absolute Gasteiger partial charge is 0.223 e. The number of nitrogens with zero attached hydrogens (tertiary/aromatic N) is 2. The Kier molecular flexibility index (Phi) is 2.93. The highest BCUT2D eigenvalue weighted by molar-refractivity contribution is 5.78. The van der Waals surface area contributed by atoms with E-state index in [1.165, 1.54) is 0 Å². The number of benzene rings is 1. The first-order chi connectivity index (χ1) is 9.50. The maximum atomic E-state index is 12.1. The molecule has 1 amide bonds. The molecule has 0 bridgehead atoms. The van der Waals surface area contributed by atoms with Crippen molar-refractivity contribution in [2.75, 3.05) is 6.54 Å². The van der Waals surface area contributed by atoms with Crippen LogP contribution >= 0.6 is 0 Å². The van der Waals surface area contributed by atoms with E-state index in [0.717, 1.165) is 30.7 Å². The molecule has 1 aromatic rings. The highest BCUT2D eigenvalue weighted by atomic mass is 16.5. The van der Waals surface area contributed by atoms with E-state index in [-0.39, 0.29) is 17.6 Å². The lowest BCUT2D eigenvalue weighted by atomic mass is 9.88. The predicted octanol–water partition coefficient (Wildman–Crippen LogP) is 2.78. The second-order valence-corrected chi connectivity index (χ2v) is 6.14. The monoisotopic (exact) mass is 270 g/mol. The van der Waals surface area contributed by atoms with Crippen LogP contribution in [-0.2, 0) is 4.79 Å². The van der Waals surface area contributed by atoms with Crippen LogP contribution in [0.2, 0.25) is 0 Å². The number of ether oxygens (including phenoxy) is 1. The van der Waals surface area contributed by atoms with Crippen LogP contribution in [0.3, 0.4) is 0 Å². The Hall–Kier alpha value is -2.02. The Labute approximate surface area is 118 Å². The standard InChI is InChI=1S/C16H18N2O2/c1-16(2)9-13(18-7-3-4-15(18)19)12-8-11(10-17)5-6-14(12)20-16/h5-6,8,13H,3-4,7,9H2,1-2H3/t13-/m1/s1. The summed E-state index contributed by atoms with van der Waals surface area (Å²) in [6.45, 7) is 4.89. The summed E-state index contributed by atoms with van der Waals surface area (Å²) in [5.41, 5.74) is 1.29. The Balaban J connectivity index is 2.06. The van der Waals surface area contributed by atoms with Gasteiger partial charge >= 0.3 is 0 Å². The zero-order valence-corrected chi connectivity index (χ0v) is 11.8. The van der Waals surface area contributed by atoms with E-state index < -0.39 is 0 Å². The summed E-state index contributed by atoms with van der Waals surface area (Å²) in [5, 5.41) is 9.07. The number of hydrogen-bond donors (Lipinski definition) is 0. The third-order valence-electron chi connectivity index (χ3n) is 4.06. The van der Waals surface area contributed by atoms with Crippen molar-refractivity contribution in [2.45, 2.75) is 44.8 Å². The SMILES string of the molecule is CC1(C)C[C@@H](N2CCCC2=O)c2cc(C#N)ccc2O1. The first-order valence-corrected chi connectivity index (χ1v) is 7.03. The van der Waals surface area contributed by atoms with Crippen LogP contribution in [0.25, 0.3) is 0 Å². The molecule has 104 valence electrons. The van der Waals surface area contributed by atoms with Crippen molar-refractivity contribution < 1.29 is 9.53 Å². The maximum absolute atomic E-state index is 12.1. The van der Waals surface area contributed by atoms with Crippen LogP contribution in [0.5, 0.6) is 5.75 Å². The first-order valence-electron chi connectivity index (χ1n) is 7.03. The molecule has 0 saturated carbocycles. The summed E-state index contributed by atoms with van der Waals surface area (Å²) in [4.78, 5) is 14.0. The van der Waals surface area contributed by atoms with Gasteiger partial charge in [0.1, 0.15) is 11.4 Å². The van der Waals surface area contributed by atoms with Crippen molar-refractivity contribution in [3.05, 3.63) is 29.3 Å². The average Bonchev–Trinajstić information content (AvgIpc) is 2.82. The first kappa shape index (κ1) is 13.0. The fourth-order valence-electron chi connectivity index (χ4n) is 3.16. The maximum Gasteiger partial charge on any atom is 0.223 e. The summed E-state index contributed by atoms with van der Waals surface area (Å²) in [6, 6.07) is 7.66. The molecule has 0 aliphatic carbocycles. The zero-order valence-electron chi connectivity index (χ0n) is 11.8. The van der Waals surface area contributed by atoms with Crippen LogP contribution < -0.4 is 4.74 Å². The number of rotatable bonds is 1. The molecule has 0 unspecified atom stereocenters. The molecule has 1 atom stereocenters. The molecule has 2 aliphatic rings. The van der Waals surface area contributed by atoms with Crippen LogP contribution in [0.1, 0.15) is 50.3 Å². The minimum absolute atomic E-state index is 0.0250. The molecule has 1 saturated heterocycles. The van der Waals surface area contributed by atoms with Crippen LogP contribution in [0.4, 0.5) is 0 Å². The highest BCUT2D eigenvalue weighted by Gasteiger charge is 2.39. The molecule has 4 nitrogen and oxygen atoms in total. The van der Waals surface area contributed by atoms with Crippen molar-refractivity contribution in [2.24, 2.45) is 0 Å². The third-order valence-corrected chi connectivity index (χ3v) is 4.06. The molecule has 2 heterocycles. The van der Waals surface area contributed by atoms with Gasteiger partial charge in [0.15, 0.2) is 0 Å². The van der Waals surface area contributed by atoms with Gasteiger partial charge in [-0.15, -0.1) is 0 Å². The van der Waals surface area contributed by atoms with Crippen LogP contribution in [0.15, 0.2) is 18.2 Å². The van der Waals surface area contributed by atoms with E-state index in [0.29, 0.717) is 12.0 Å². The Morgan fingerprint density at radius 2 is 2.25 bits per heavy atom. The number of carbonyl (C=O) groups excluding carboxylic acids is 1. The van der Waals surface area contributed by atoms with Gasteiger partial charge in [-0.2, -0.15) is 5.26 Å². The molecule has 4 heteroatoms. The van der Waals surface area contributed by atoms with Gasteiger partial charge in [-0.1, -0.05) is 0 Å². The van der Waals surface area contributed by atoms with Gasteiger partial charge in [0.25, 0.3) is 0 Å². The Morgan fingerprint density at radius 3 is 2.90 bits per heavy atom. The van der Waals surface area contributed by atoms with E-state index in [1.807, 2.05) is 30.9 Å². The predicted molar refractivity (Wildman–Crippen MR) is 74.2 cm³/mol. The largest absolute Gasteiger partial charge is 0.487 e. The number of likely N-dealkylation sites (tertiary alicyclic amines) is 1. The molecule has 20 heavy (non-hydrogen) atoms. The van der Waals surface area contributed by atoms with Crippen LogP contribution in [0, 0.1) is 11.3 Å². The van der Waals surface area contributed by atoms with Crippen molar-refractivity contribution in [3.63, 3.8) is 0 Å². The van der Waals surface area contributed by atoms with Gasteiger partial charge in [-0.3, -0.25) is 4.79 Å². The van der Waals surface area contributed by atoms with E-state index in [9.17, 15) is 4.79 Å². The van der Waals surface area contributed by atoms with Crippen molar-refractivity contribution in [3.8, 4) is 11.8 Å². The van der Waals surface area contributed by atoms with Gasteiger partial charge in [-0.05, 0) is 38.5 Å². The summed E-state index contributed by atoms with van der Waals surface area (Å²) in [7, 11) is 0. The van der Waals surface area contributed by atoms with E-state index in [4.69, 9.17) is 10.00 Å². The van der Waals surface area contributed by atoms with Crippen molar-refractivity contribution >= 4 is 5.91 Å². The van der Waals surface area contributed by atoms with Gasteiger partial charge in [0.2, 0.25) is 5.91 Å². The van der Waals surface area contributed by atoms with Crippen LogP contribution in [-0.4, -0.2) is 23.0 Å². The summed E-state index contributed by atoms with van der Waals surface area (Å²) < 4.78 is 6.00. The topological polar surface area (TPSA) is 53.3 Å². The third kappa shape index (κ3) is 2.14. The number of amides is 1. The Morgan fingerprint density at radius 1 is 1.45 bits per heavy atom. The molecule has 0 N–H and O–H groups in total. The second-order valence-electron chi connectivity index (χ2n) is 6.14.